The lowest BCUT2D eigenvalue weighted by molar-refractivity contribution is 0.0500. The number of likely N-dealkylation sites (N-methyl/N-ethyl adjacent to an activating group) is 1. The van der Waals surface area contributed by atoms with Gasteiger partial charge in [-0.15, -0.1) is 0 Å². The quantitative estimate of drug-likeness (QED) is 0.128. The Morgan fingerprint density at radius 1 is 0.956 bits per heavy atom. The molecule has 0 aliphatic heterocycles. The molecule has 1 aromatic heterocycles. The molecule has 1 spiro atoms. The Morgan fingerprint density at radius 2 is 1.67 bits per heavy atom. The number of benzene rings is 2. The number of allylic oxidation sites excluding steroid dienone is 2. The Kier molecular flexibility index (Phi) is 7.60. The number of nitrogens with one attached hydrogen (secondary N) is 1. The van der Waals surface area contributed by atoms with Crippen molar-refractivity contribution in [3.8, 4) is 23.1 Å². The van der Waals surface area contributed by atoms with Crippen molar-refractivity contribution < 1.29 is 43.6 Å². The highest BCUT2D eigenvalue weighted by Crippen LogP contribution is 2.58. The zero-order valence-electron chi connectivity index (χ0n) is 25.6. The summed E-state index contributed by atoms with van der Waals surface area (Å²) in [5.74, 6) is -4.30. The van der Waals surface area contributed by atoms with Gasteiger partial charge >= 0.3 is 0 Å². The SMILES string of the molecule is CCCCCc1cc2cc3c(c(OCOC)c2c(OC)n1)C1(CC3)C(=O)c2c(O)c3c(c(O)c2C1=O)C(=O)C(NCC)=CC3=O. The zero-order chi connectivity index (χ0) is 32.2. The van der Waals surface area contributed by atoms with Gasteiger partial charge in [0.05, 0.1) is 40.4 Å². The van der Waals surface area contributed by atoms with E-state index in [1.807, 2.05) is 12.1 Å². The van der Waals surface area contributed by atoms with Crippen LogP contribution in [-0.4, -0.2) is 65.9 Å². The van der Waals surface area contributed by atoms with E-state index in [0.717, 1.165) is 42.8 Å². The van der Waals surface area contributed by atoms with Crippen molar-refractivity contribution in [3.63, 3.8) is 0 Å². The van der Waals surface area contributed by atoms with E-state index in [2.05, 4.69) is 12.2 Å². The molecule has 1 heterocycles. The van der Waals surface area contributed by atoms with Gasteiger partial charge in [0.25, 0.3) is 0 Å². The maximum atomic E-state index is 14.5. The summed E-state index contributed by atoms with van der Waals surface area (Å²) in [7, 11) is 2.92. The maximum Gasteiger partial charge on any atom is 0.225 e. The second kappa shape index (κ2) is 11.3. The molecule has 2 aromatic carbocycles. The molecule has 234 valence electrons. The molecule has 0 fully saturated rings. The molecule has 3 aliphatic rings. The first kappa shape index (κ1) is 30.3. The number of phenolic OH excluding ortho intramolecular Hbond substituents is 2. The fourth-order valence-corrected chi connectivity index (χ4v) is 7.01. The van der Waals surface area contributed by atoms with Gasteiger partial charge in [-0.2, -0.15) is 0 Å². The fraction of sp³-hybridized carbons (Fsp3) is 0.382. The monoisotopic (exact) mass is 614 g/mol. The number of phenols is 2. The Hall–Kier alpha value is -4.77. The number of pyridine rings is 1. The second-order valence-corrected chi connectivity index (χ2v) is 11.5. The molecule has 0 saturated heterocycles. The molecular weight excluding hydrogens is 580 g/mol. The van der Waals surface area contributed by atoms with Crippen LogP contribution in [0.25, 0.3) is 10.8 Å². The first-order valence-electron chi connectivity index (χ1n) is 15.1. The molecule has 0 bridgehead atoms. The van der Waals surface area contributed by atoms with E-state index in [1.54, 1.807) is 6.92 Å². The van der Waals surface area contributed by atoms with E-state index in [-0.39, 0.29) is 36.1 Å². The average Bonchev–Trinajstić information content (AvgIpc) is 3.51. The predicted molar refractivity (Wildman–Crippen MR) is 163 cm³/mol. The van der Waals surface area contributed by atoms with Crippen LogP contribution >= 0.6 is 0 Å². The molecule has 11 nitrogen and oxygen atoms in total. The molecule has 3 aliphatic carbocycles. The lowest BCUT2D eigenvalue weighted by atomic mass is 9.76. The first-order valence-corrected chi connectivity index (χ1v) is 15.1. The van der Waals surface area contributed by atoms with Crippen molar-refractivity contribution in [3.05, 3.63) is 63.0 Å². The third-order valence-corrected chi connectivity index (χ3v) is 8.96. The number of ether oxygens (including phenoxy) is 3. The topological polar surface area (TPSA) is 161 Å². The van der Waals surface area contributed by atoms with Crippen LogP contribution in [0, 0.1) is 0 Å². The molecule has 1 unspecified atom stereocenters. The Labute approximate surface area is 259 Å². The van der Waals surface area contributed by atoms with E-state index >= 15 is 0 Å². The lowest BCUT2D eigenvalue weighted by Crippen LogP contribution is -2.36. The summed E-state index contributed by atoms with van der Waals surface area (Å²) in [6, 6.07) is 3.84. The number of carbonyl (C=O) groups is 4. The number of methoxy groups -OCH3 is 2. The summed E-state index contributed by atoms with van der Waals surface area (Å²) in [6.07, 6.45) is 5.14. The summed E-state index contributed by atoms with van der Waals surface area (Å²) in [5, 5.41) is 26.8. The molecule has 11 heteroatoms. The van der Waals surface area contributed by atoms with Gasteiger partial charge in [-0.05, 0) is 49.6 Å². The number of unbranched alkanes of at least 4 members (excludes halogenated alkanes) is 2. The number of nitrogens with zero attached hydrogens (tertiary/aromatic N) is 1. The lowest BCUT2D eigenvalue weighted by Gasteiger charge is -2.25. The zero-order valence-corrected chi connectivity index (χ0v) is 25.6. The number of hydrogen-bond donors (Lipinski definition) is 3. The number of Topliss-reactive ketones (excluding diaryl/α,β-unsaturated/α-hetero) is 3. The van der Waals surface area contributed by atoms with Gasteiger partial charge in [-0.1, -0.05) is 25.8 Å². The van der Waals surface area contributed by atoms with Crippen LogP contribution in [0.1, 0.15) is 97.8 Å². The van der Waals surface area contributed by atoms with E-state index in [1.165, 1.54) is 14.2 Å². The highest BCUT2D eigenvalue weighted by Gasteiger charge is 2.61. The van der Waals surface area contributed by atoms with Gasteiger partial charge in [-0.25, -0.2) is 4.98 Å². The predicted octanol–water partition coefficient (Wildman–Crippen LogP) is 4.51. The number of hydrogen-bond acceptors (Lipinski definition) is 11. The number of aromatic hydroxyl groups is 2. The molecule has 3 aromatic rings. The van der Waals surface area contributed by atoms with Gasteiger partial charge in [0.2, 0.25) is 11.7 Å². The second-order valence-electron chi connectivity index (χ2n) is 11.5. The van der Waals surface area contributed by atoms with E-state index in [0.29, 0.717) is 23.9 Å². The Balaban J connectivity index is 1.59. The van der Waals surface area contributed by atoms with Crippen molar-refractivity contribution in [2.75, 3.05) is 27.6 Å². The van der Waals surface area contributed by atoms with Crippen LogP contribution in [-0.2, 0) is 23.0 Å². The standard InChI is InChI=1S/C34H34N2O9/c1-5-7-8-9-18-13-17-12-16-10-11-34(26(16)30(45-15-43-3)21(17)33(36-18)44-4)31(41)24-25(32(34)42)29(40)23-22(28(24)39)20(37)14-19(27(23)38)35-6-2/h12-14,35,39-40H,5-11,15H2,1-4H3. The van der Waals surface area contributed by atoms with Gasteiger partial charge < -0.3 is 29.7 Å². The van der Waals surface area contributed by atoms with Crippen LogP contribution in [0.15, 0.2) is 23.9 Å². The molecule has 6 rings (SSSR count). The summed E-state index contributed by atoms with van der Waals surface area (Å²) < 4.78 is 17.0. The van der Waals surface area contributed by atoms with Gasteiger partial charge in [-0.3, -0.25) is 19.2 Å². The van der Waals surface area contributed by atoms with Crippen LogP contribution in [0.3, 0.4) is 0 Å². The van der Waals surface area contributed by atoms with Crippen molar-refractivity contribution in [1.29, 1.82) is 0 Å². The number of carbonyl (C=O) groups excluding carboxylic acids is 4. The fourth-order valence-electron chi connectivity index (χ4n) is 7.01. The largest absolute Gasteiger partial charge is 0.506 e. The summed E-state index contributed by atoms with van der Waals surface area (Å²) in [4.78, 5) is 60.1. The van der Waals surface area contributed by atoms with Gasteiger partial charge in [0.15, 0.2) is 24.1 Å². The maximum absolute atomic E-state index is 14.5. The third-order valence-electron chi connectivity index (χ3n) is 8.96. The van der Waals surface area contributed by atoms with E-state index < -0.39 is 62.3 Å². The first-order chi connectivity index (χ1) is 21.7. The molecule has 0 amide bonds. The van der Waals surface area contributed by atoms with Crippen LogP contribution in [0.5, 0.6) is 23.1 Å². The smallest absolute Gasteiger partial charge is 0.225 e. The highest BCUT2D eigenvalue weighted by atomic mass is 16.7. The molecular formula is C34H34N2O9. The molecule has 1 atom stereocenters. The van der Waals surface area contributed by atoms with E-state index in [9.17, 15) is 29.4 Å². The summed E-state index contributed by atoms with van der Waals surface area (Å²) in [5.41, 5.74) is -2.22. The number of ketones is 4. The number of aryl methyl sites for hydroxylation is 2. The number of rotatable bonds is 10. The molecule has 3 N–H and O–H groups in total. The minimum atomic E-state index is -1.90. The van der Waals surface area contributed by atoms with Gasteiger partial charge in [0.1, 0.15) is 22.7 Å². The van der Waals surface area contributed by atoms with Crippen LogP contribution in [0.4, 0.5) is 0 Å². The Bertz CT molecular complexity index is 1860. The van der Waals surface area contributed by atoms with Gasteiger partial charge in [0, 0.05) is 31.0 Å². The third kappa shape index (κ3) is 4.24. The van der Waals surface area contributed by atoms with Crippen molar-refractivity contribution >= 4 is 33.9 Å². The van der Waals surface area contributed by atoms with Crippen molar-refractivity contribution in [2.24, 2.45) is 0 Å². The Morgan fingerprint density at radius 3 is 2.31 bits per heavy atom. The number of fused-ring (bicyclic) bond motifs is 5. The average molecular weight is 615 g/mol. The van der Waals surface area contributed by atoms with Crippen LogP contribution < -0.4 is 14.8 Å². The minimum Gasteiger partial charge on any atom is -0.506 e. The van der Waals surface area contributed by atoms with E-state index in [4.69, 9.17) is 19.2 Å². The normalized spacial score (nSPS) is 18.4. The molecule has 0 saturated carbocycles. The minimum absolute atomic E-state index is 0.0137. The van der Waals surface area contributed by atoms with Crippen molar-refractivity contribution in [2.45, 2.75) is 57.8 Å². The number of aromatic nitrogens is 1. The van der Waals surface area contributed by atoms with Crippen molar-refractivity contribution in [1.82, 2.24) is 10.3 Å². The molecule has 45 heavy (non-hydrogen) atoms. The van der Waals surface area contributed by atoms with Crippen LogP contribution in [0.2, 0.25) is 0 Å². The molecule has 0 radical (unpaired) electrons. The highest BCUT2D eigenvalue weighted by molar-refractivity contribution is 6.39. The summed E-state index contributed by atoms with van der Waals surface area (Å²) in [6.45, 7) is 3.94. The summed E-state index contributed by atoms with van der Waals surface area (Å²) >= 11 is 0.